The van der Waals surface area contributed by atoms with Crippen molar-refractivity contribution >= 4 is 0 Å². The van der Waals surface area contributed by atoms with Gasteiger partial charge in [0.25, 0.3) is 0 Å². The fourth-order valence-electron chi connectivity index (χ4n) is 1.90. The molecule has 1 N–H and O–H groups in total. The smallest absolute Gasteiger partial charge is 0.00420 e. The first-order chi connectivity index (χ1) is 4.36. The monoisotopic (exact) mass is 125 g/mol. The van der Waals surface area contributed by atoms with Crippen molar-refractivity contribution in [1.82, 2.24) is 5.32 Å². The maximum Gasteiger partial charge on any atom is 0.00420 e. The molecule has 2 rings (SSSR count). The second-order valence-corrected chi connectivity index (χ2v) is 3.64. The molecule has 1 aliphatic carbocycles. The van der Waals surface area contributed by atoms with Gasteiger partial charge in [0.2, 0.25) is 0 Å². The normalized spacial score (nSPS) is 43.7. The molecular formula is C8H15N. The summed E-state index contributed by atoms with van der Waals surface area (Å²) >= 11 is 0. The van der Waals surface area contributed by atoms with Gasteiger partial charge in [0.1, 0.15) is 0 Å². The van der Waals surface area contributed by atoms with E-state index < -0.39 is 0 Å². The van der Waals surface area contributed by atoms with E-state index in [4.69, 9.17) is 0 Å². The Hall–Kier alpha value is -0.0400. The Balaban J connectivity index is 1.86. The number of hydrogen-bond acceptors (Lipinski definition) is 1. The van der Waals surface area contributed by atoms with E-state index in [-0.39, 0.29) is 0 Å². The van der Waals surface area contributed by atoms with Gasteiger partial charge in [-0.05, 0) is 44.6 Å². The summed E-state index contributed by atoms with van der Waals surface area (Å²) in [5.74, 6) is 2.16. The van der Waals surface area contributed by atoms with E-state index in [1.807, 2.05) is 0 Å². The molecule has 0 radical (unpaired) electrons. The van der Waals surface area contributed by atoms with E-state index >= 15 is 0 Å². The Morgan fingerprint density at radius 1 is 1.22 bits per heavy atom. The summed E-state index contributed by atoms with van der Waals surface area (Å²) in [6.07, 6.45) is 4.46. The van der Waals surface area contributed by atoms with Crippen LogP contribution < -0.4 is 5.32 Å². The van der Waals surface area contributed by atoms with Crippen molar-refractivity contribution in [3.05, 3.63) is 0 Å². The lowest BCUT2D eigenvalue weighted by molar-refractivity contribution is 0.499. The average Bonchev–Trinajstić information content (AvgIpc) is 2.58. The lowest BCUT2D eigenvalue weighted by Gasteiger charge is -2.03. The molecular weight excluding hydrogens is 110 g/mol. The predicted octanol–water partition coefficient (Wildman–Crippen LogP) is 1.39. The SMILES string of the molecule is C[C@H]1C[C@H](C2CC2)CN1. The zero-order valence-electron chi connectivity index (χ0n) is 6.06. The molecule has 52 valence electrons. The van der Waals surface area contributed by atoms with E-state index in [1.165, 1.54) is 25.8 Å². The van der Waals surface area contributed by atoms with Crippen LogP contribution >= 0.6 is 0 Å². The maximum absolute atomic E-state index is 3.49. The Labute approximate surface area is 56.8 Å². The highest BCUT2D eigenvalue weighted by Gasteiger charge is 2.34. The topological polar surface area (TPSA) is 12.0 Å². The summed E-state index contributed by atoms with van der Waals surface area (Å²) in [6, 6.07) is 0.801. The summed E-state index contributed by atoms with van der Waals surface area (Å²) < 4.78 is 0. The Morgan fingerprint density at radius 3 is 2.44 bits per heavy atom. The molecule has 1 heterocycles. The van der Waals surface area contributed by atoms with E-state index in [9.17, 15) is 0 Å². The fourth-order valence-corrected chi connectivity index (χ4v) is 1.90. The van der Waals surface area contributed by atoms with Crippen LogP contribution in [-0.2, 0) is 0 Å². The second-order valence-electron chi connectivity index (χ2n) is 3.64. The molecule has 1 heteroatoms. The number of nitrogens with one attached hydrogen (secondary N) is 1. The Morgan fingerprint density at radius 2 is 2.00 bits per heavy atom. The van der Waals surface area contributed by atoms with Crippen molar-refractivity contribution < 1.29 is 0 Å². The molecule has 0 unspecified atom stereocenters. The summed E-state index contributed by atoms with van der Waals surface area (Å²) in [4.78, 5) is 0. The van der Waals surface area contributed by atoms with Crippen molar-refractivity contribution in [2.24, 2.45) is 11.8 Å². The molecule has 0 spiro atoms. The molecule has 2 atom stereocenters. The quantitative estimate of drug-likeness (QED) is 0.558. The highest BCUT2D eigenvalue weighted by atomic mass is 14.9. The third-order valence-electron chi connectivity index (χ3n) is 2.67. The van der Waals surface area contributed by atoms with Gasteiger partial charge in [-0.3, -0.25) is 0 Å². The van der Waals surface area contributed by atoms with Crippen LogP contribution in [-0.4, -0.2) is 12.6 Å². The highest BCUT2D eigenvalue weighted by molar-refractivity contribution is 4.89. The molecule has 9 heavy (non-hydrogen) atoms. The summed E-state index contributed by atoms with van der Waals surface area (Å²) in [5, 5.41) is 3.49. The van der Waals surface area contributed by atoms with Crippen LogP contribution in [0.1, 0.15) is 26.2 Å². The van der Waals surface area contributed by atoms with Crippen LogP contribution in [0.3, 0.4) is 0 Å². The van der Waals surface area contributed by atoms with Gasteiger partial charge >= 0.3 is 0 Å². The van der Waals surface area contributed by atoms with Crippen molar-refractivity contribution in [3.8, 4) is 0 Å². The molecule has 0 bridgehead atoms. The van der Waals surface area contributed by atoms with Crippen LogP contribution in [0.4, 0.5) is 0 Å². The molecule has 0 amide bonds. The third-order valence-corrected chi connectivity index (χ3v) is 2.67. The van der Waals surface area contributed by atoms with Gasteiger partial charge in [-0.2, -0.15) is 0 Å². The van der Waals surface area contributed by atoms with Crippen LogP contribution in [0.5, 0.6) is 0 Å². The minimum absolute atomic E-state index is 0.801. The molecule has 2 fully saturated rings. The van der Waals surface area contributed by atoms with E-state index in [2.05, 4.69) is 12.2 Å². The number of rotatable bonds is 1. The molecule has 0 aromatic heterocycles. The van der Waals surface area contributed by atoms with E-state index in [0.717, 1.165) is 17.9 Å². The van der Waals surface area contributed by atoms with Crippen LogP contribution in [0.25, 0.3) is 0 Å². The second kappa shape index (κ2) is 1.98. The Kier molecular flexibility index (Phi) is 1.26. The van der Waals surface area contributed by atoms with Gasteiger partial charge in [0.05, 0.1) is 0 Å². The highest BCUT2D eigenvalue weighted by Crippen LogP contribution is 2.40. The molecule has 1 nitrogen and oxygen atoms in total. The summed E-state index contributed by atoms with van der Waals surface area (Å²) in [7, 11) is 0. The maximum atomic E-state index is 3.49. The fraction of sp³-hybridized carbons (Fsp3) is 1.00. The van der Waals surface area contributed by atoms with Gasteiger partial charge in [-0.15, -0.1) is 0 Å². The molecule has 0 aromatic carbocycles. The molecule has 1 saturated carbocycles. The van der Waals surface area contributed by atoms with Crippen molar-refractivity contribution in [1.29, 1.82) is 0 Å². The zero-order chi connectivity index (χ0) is 6.27. The molecule has 1 saturated heterocycles. The van der Waals surface area contributed by atoms with Gasteiger partial charge in [0.15, 0.2) is 0 Å². The van der Waals surface area contributed by atoms with Gasteiger partial charge in [-0.25, -0.2) is 0 Å². The zero-order valence-corrected chi connectivity index (χ0v) is 6.06. The molecule has 1 aliphatic heterocycles. The first kappa shape index (κ1) is 5.72. The minimum Gasteiger partial charge on any atom is -0.314 e. The van der Waals surface area contributed by atoms with Crippen LogP contribution in [0.2, 0.25) is 0 Å². The van der Waals surface area contributed by atoms with Gasteiger partial charge < -0.3 is 5.32 Å². The van der Waals surface area contributed by atoms with Crippen LogP contribution in [0.15, 0.2) is 0 Å². The van der Waals surface area contributed by atoms with Gasteiger partial charge in [0, 0.05) is 6.04 Å². The van der Waals surface area contributed by atoms with Gasteiger partial charge in [-0.1, -0.05) is 0 Å². The number of hydrogen-bond donors (Lipinski definition) is 1. The molecule has 2 aliphatic rings. The predicted molar refractivity (Wildman–Crippen MR) is 38.3 cm³/mol. The van der Waals surface area contributed by atoms with Crippen molar-refractivity contribution in [3.63, 3.8) is 0 Å². The largest absolute Gasteiger partial charge is 0.314 e. The van der Waals surface area contributed by atoms with E-state index in [1.54, 1.807) is 0 Å². The van der Waals surface area contributed by atoms with Crippen molar-refractivity contribution in [2.45, 2.75) is 32.2 Å². The third kappa shape index (κ3) is 1.11. The lowest BCUT2D eigenvalue weighted by Crippen LogP contribution is -2.16. The standard InChI is InChI=1S/C8H15N/c1-6-4-8(5-9-6)7-2-3-7/h6-9H,2-5H2,1H3/t6-,8-/m0/s1. The summed E-state index contributed by atoms with van der Waals surface area (Å²) in [6.45, 7) is 3.59. The van der Waals surface area contributed by atoms with Crippen molar-refractivity contribution in [2.75, 3.05) is 6.54 Å². The minimum atomic E-state index is 0.801. The van der Waals surface area contributed by atoms with Crippen LogP contribution in [0, 0.1) is 11.8 Å². The average molecular weight is 125 g/mol. The first-order valence-corrected chi connectivity index (χ1v) is 4.09. The molecule has 0 aromatic rings. The Bertz CT molecular complexity index is 107. The first-order valence-electron chi connectivity index (χ1n) is 4.09. The summed E-state index contributed by atoms with van der Waals surface area (Å²) in [5.41, 5.74) is 0. The van der Waals surface area contributed by atoms with E-state index in [0.29, 0.717) is 0 Å². The lowest BCUT2D eigenvalue weighted by atomic mass is 10.0.